The summed E-state index contributed by atoms with van der Waals surface area (Å²) in [4.78, 5) is 15.1. The van der Waals surface area contributed by atoms with Crippen molar-refractivity contribution in [2.45, 2.75) is 55.4 Å². The summed E-state index contributed by atoms with van der Waals surface area (Å²) < 4.78 is 6.28. The molecule has 0 bridgehead atoms. The Morgan fingerprint density at radius 2 is 2.12 bits per heavy atom. The molecule has 11 N–H and O–H groups in total. The van der Waals surface area contributed by atoms with Gasteiger partial charge in [-0.25, -0.2) is 14.4 Å². The Kier molecular flexibility index (Phi) is 3.93. The van der Waals surface area contributed by atoms with E-state index in [4.69, 9.17) is 21.9 Å². The number of primary amides is 1. The quantitative estimate of drug-likeness (QED) is 0.180. The summed E-state index contributed by atoms with van der Waals surface area (Å²) in [6.07, 6.45) is -1.40. The highest BCUT2D eigenvalue weighted by atomic mass is 16.5. The topological polar surface area (TPSA) is 204 Å². The number of hydrogen-bond donors (Lipinski definition) is 8. The first-order chi connectivity index (χ1) is 11.7. The average Bonchev–Trinajstić information content (AvgIpc) is 2.95. The number of carbonyl (C=O) groups is 1. The first-order valence-electron chi connectivity index (χ1n) is 8.01. The van der Waals surface area contributed by atoms with Crippen molar-refractivity contribution in [3.63, 3.8) is 0 Å². The van der Waals surface area contributed by atoms with Crippen LogP contribution < -0.4 is 27.8 Å². The summed E-state index contributed by atoms with van der Waals surface area (Å²) in [6, 6.07) is -2.32. The van der Waals surface area contributed by atoms with Crippen molar-refractivity contribution in [3.8, 4) is 0 Å². The van der Waals surface area contributed by atoms with Crippen molar-refractivity contribution in [2.75, 3.05) is 6.61 Å². The molecule has 140 valence electrons. The lowest BCUT2D eigenvalue weighted by molar-refractivity contribution is -0.650. The number of nitrogens with two attached hydrogens (primary N) is 3. The molecule has 5 atom stereocenters. The Morgan fingerprint density at radius 3 is 2.72 bits per heavy atom. The van der Waals surface area contributed by atoms with Crippen LogP contribution in [0.25, 0.3) is 0 Å². The molecule has 3 rings (SSSR count). The van der Waals surface area contributed by atoms with E-state index in [-0.39, 0.29) is 18.5 Å². The SMILES string of the molecule is CCC[C@H]1[C@@H](O)C(O)(O)C23NC(N)=NC2[C@H](COC(N)=O)NC(N)=[N+]13. The van der Waals surface area contributed by atoms with E-state index in [9.17, 15) is 20.1 Å². The Labute approximate surface area is 143 Å². The molecule has 12 nitrogen and oxygen atoms in total. The van der Waals surface area contributed by atoms with Gasteiger partial charge < -0.3 is 36.8 Å². The van der Waals surface area contributed by atoms with Gasteiger partial charge in [-0.05, 0) is 6.42 Å². The van der Waals surface area contributed by atoms with E-state index >= 15 is 0 Å². The van der Waals surface area contributed by atoms with Crippen LogP contribution in [0.3, 0.4) is 0 Å². The molecule has 1 saturated heterocycles. The molecular weight excluding hydrogens is 334 g/mol. The van der Waals surface area contributed by atoms with Crippen LogP contribution >= 0.6 is 0 Å². The molecule has 1 spiro atoms. The van der Waals surface area contributed by atoms with Crippen molar-refractivity contribution in [1.82, 2.24) is 10.6 Å². The zero-order chi connectivity index (χ0) is 18.6. The van der Waals surface area contributed by atoms with Crippen LogP contribution in [0.5, 0.6) is 0 Å². The zero-order valence-corrected chi connectivity index (χ0v) is 13.7. The summed E-state index contributed by atoms with van der Waals surface area (Å²) in [6.45, 7) is 1.68. The maximum Gasteiger partial charge on any atom is 0.404 e. The van der Waals surface area contributed by atoms with E-state index in [0.29, 0.717) is 12.8 Å². The summed E-state index contributed by atoms with van der Waals surface area (Å²) in [5.74, 6) is -2.58. The molecule has 3 aliphatic heterocycles. The number of amides is 1. The fourth-order valence-corrected chi connectivity index (χ4v) is 4.11. The molecule has 1 amide bonds. The van der Waals surface area contributed by atoms with E-state index in [1.54, 1.807) is 0 Å². The molecule has 3 heterocycles. The summed E-state index contributed by atoms with van der Waals surface area (Å²) >= 11 is 0. The van der Waals surface area contributed by atoms with Crippen molar-refractivity contribution in [3.05, 3.63) is 0 Å². The van der Waals surface area contributed by atoms with E-state index in [2.05, 4.69) is 15.6 Å². The lowest BCUT2D eigenvalue weighted by atomic mass is 9.86. The Bertz CT molecular complexity index is 651. The first kappa shape index (κ1) is 17.5. The molecule has 0 saturated carbocycles. The van der Waals surface area contributed by atoms with Crippen LogP contribution in [0.4, 0.5) is 4.79 Å². The second-order valence-corrected chi connectivity index (χ2v) is 6.51. The minimum atomic E-state index is -2.61. The highest BCUT2D eigenvalue weighted by molar-refractivity contribution is 5.83. The maximum atomic E-state index is 10.9. The third-order valence-electron chi connectivity index (χ3n) is 5.04. The van der Waals surface area contributed by atoms with Crippen molar-refractivity contribution >= 4 is 18.0 Å². The van der Waals surface area contributed by atoms with Gasteiger partial charge in [-0.15, -0.1) is 0 Å². The molecule has 12 heteroatoms. The molecular formula is C13H24N7O5+. The number of aliphatic hydroxyl groups is 3. The van der Waals surface area contributed by atoms with Crippen LogP contribution in [0.2, 0.25) is 0 Å². The van der Waals surface area contributed by atoms with E-state index in [1.807, 2.05) is 6.92 Å². The standard InChI is InChI=1S/C13H23N7O5/c1-2-3-6-8(21)13(23,24)12-7(18-9(14)19-12)5(4-25-11(16)22)17-10(15)20(6)12/h5-8,21,23-24H,2-4H2,1H3,(H7,14,15,16,17,18,19,22)/p+1/t5-,6-,7?,8+,12?/m0/s1. The van der Waals surface area contributed by atoms with Crippen LogP contribution in [0, 0.1) is 0 Å². The number of aliphatic hydroxyl groups excluding tert-OH is 1. The lowest BCUT2D eigenvalue weighted by Gasteiger charge is -2.43. The predicted octanol–water partition coefficient (Wildman–Crippen LogP) is -4.41. The number of nitrogens with zero attached hydrogens (tertiary/aromatic N) is 2. The molecule has 0 aromatic rings. The van der Waals surface area contributed by atoms with Gasteiger partial charge in [-0.3, -0.25) is 11.1 Å². The smallest absolute Gasteiger partial charge is 0.404 e. The van der Waals surface area contributed by atoms with E-state index in [1.165, 1.54) is 4.58 Å². The third kappa shape index (κ3) is 2.21. The Balaban J connectivity index is 2.10. The van der Waals surface area contributed by atoms with Gasteiger partial charge in [0.05, 0.1) is 0 Å². The van der Waals surface area contributed by atoms with Crippen LogP contribution in [0.1, 0.15) is 19.8 Å². The number of ether oxygens (including phenoxy) is 1. The van der Waals surface area contributed by atoms with Crippen molar-refractivity contribution in [2.24, 2.45) is 22.2 Å². The largest absolute Gasteiger partial charge is 0.446 e. The summed E-state index contributed by atoms with van der Waals surface area (Å²) in [5, 5.41) is 37.8. The molecule has 25 heavy (non-hydrogen) atoms. The average molecular weight is 358 g/mol. The highest BCUT2D eigenvalue weighted by Crippen LogP contribution is 2.45. The number of carbonyl (C=O) groups excluding carboxylic acids is 1. The molecule has 0 aromatic heterocycles. The Hall–Kier alpha value is -2.31. The van der Waals surface area contributed by atoms with Gasteiger partial charge in [0.15, 0.2) is 12.0 Å². The number of aliphatic imine (C=N–C) groups is 1. The van der Waals surface area contributed by atoms with E-state index < -0.39 is 41.8 Å². The molecule has 1 fully saturated rings. The minimum Gasteiger partial charge on any atom is -0.446 e. The lowest BCUT2D eigenvalue weighted by Crippen LogP contribution is -2.78. The van der Waals surface area contributed by atoms with Gasteiger partial charge in [0.25, 0.3) is 5.79 Å². The first-order valence-corrected chi connectivity index (χ1v) is 8.01. The van der Waals surface area contributed by atoms with Gasteiger partial charge in [0.1, 0.15) is 24.8 Å². The van der Waals surface area contributed by atoms with Crippen LogP contribution in [-0.4, -0.2) is 80.2 Å². The fraction of sp³-hybridized carbons (Fsp3) is 0.769. The second kappa shape index (κ2) is 5.61. The fourth-order valence-electron chi connectivity index (χ4n) is 4.11. The minimum absolute atomic E-state index is 0.0487. The van der Waals surface area contributed by atoms with Crippen molar-refractivity contribution < 1.29 is 29.4 Å². The molecule has 2 unspecified atom stereocenters. The highest BCUT2D eigenvalue weighted by Gasteiger charge is 2.77. The summed E-state index contributed by atoms with van der Waals surface area (Å²) in [5.41, 5.74) is 15.2. The predicted molar refractivity (Wildman–Crippen MR) is 85.1 cm³/mol. The summed E-state index contributed by atoms with van der Waals surface area (Å²) in [7, 11) is 0. The number of guanidine groups is 2. The molecule has 3 aliphatic rings. The van der Waals surface area contributed by atoms with Crippen molar-refractivity contribution in [1.29, 1.82) is 0 Å². The normalized spacial score (nSPS) is 38.3. The number of rotatable bonds is 4. The molecule has 0 aromatic carbocycles. The van der Waals surface area contributed by atoms with Gasteiger partial charge in [-0.1, -0.05) is 13.3 Å². The molecule has 0 aliphatic carbocycles. The monoisotopic (exact) mass is 358 g/mol. The van der Waals surface area contributed by atoms with Crippen LogP contribution in [-0.2, 0) is 4.74 Å². The van der Waals surface area contributed by atoms with E-state index in [0.717, 1.165) is 0 Å². The number of hydrogen-bond acceptors (Lipinski definition) is 10. The number of nitrogens with one attached hydrogen (secondary N) is 2. The van der Waals surface area contributed by atoms with Gasteiger partial charge in [0.2, 0.25) is 5.66 Å². The zero-order valence-electron chi connectivity index (χ0n) is 13.7. The third-order valence-corrected chi connectivity index (χ3v) is 5.04. The Morgan fingerprint density at radius 1 is 1.44 bits per heavy atom. The van der Waals surface area contributed by atoms with Crippen LogP contribution in [0.15, 0.2) is 4.99 Å². The van der Waals surface area contributed by atoms with Gasteiger partial charge >= 0.3 is 12.1 Å². The van der Waals surface area contributed by atoms with Gasteiger partial charge in [-0.2, -0.15) is 0 Å². The van der Waals surface area contributed by atoms with Gasteiger partial charge in [0, 0.05) is 0 Å². The maximum absolute atomic E-state index is 10.9. The molecule has 0 radical (unpaired) electrons. The second-order valence-electron chi connectivity index (χ2n) is 6.51.